The van der Waals surface area contributed by atoms with Gasteiger partial charge in [-0.15, -0.1) is 11.3 Å². The van der Waals surface area contributed by atoms with Gasteiger partial charge in [0, 0.05) is 5.38 Å². The van der Waals surface area contributed by atoms with Crippen LogP contribution >= 0.6 is 22.9 Å². The van der Waals surface area contributed by atoms with Crippen molar-refractivity contribution in [3.05, 3.63) is 15.8 Å². The van der Waals surface area contributed by atoms with Crippen molar-refractivity contribution in [1.29, 1.82) is 0 Å². The lowest BCUT2D eigenvalue weighted by atomic mass is 10.6. The molecular weight excluding hydrogens is 216 g/mol. The summed E-state index contributed by atoms with van der Waals surface area (Å²) in [5.41, 5.74) is 0. The van der Waals surface area contributed by atoms with Gasteiger partial charge >= 0.3 is 0 Å². The van der Waals surface area contributed by atoms with Gasteiger partial charge in [0.15, 0.2) is 9.84 Å². The average Bonchev–Trinajstić information content (AvgIpc) is 2.35. The molecule has 0 aliphatic carbocycles. The van der Waals surface area contributed by atoms with Gasteiger partial charge < -0.3 is 0 Å². The first kappa shape index (κ1) is 10.0. The molecule has 1 rings (SSSR count). The molecule has 0 aliphatic heterocycles. The van der Waals surface area contributed by atoms with Crippen molar-refractivity contribution in [3.8, 4) is 0 Å². The van der Waals surface area contributed by atoms with Gasteiger partial charge in [-0.1, -0.05) is 11.6 Å². The van der Waals surface area contributed by atoms with E-state index in [2.05, 4.69) is 5.38 Å². The largest absolute Gasteiger partial charge is 0.223 e. The fourth-order valence-electron chi connectivity index (χ4n) is 0.683. The molecule has 0 unspecified atom stereocenters. The molecule has 5 heteroatoms. The van der Waals surface area contributed by atoms with Crippen LogP contribution in [0.5, 0.6) is 0 Å². The van der Waals surface area contributed by atoms with E-state index in [0.29, 0.717) is 0 Å². The lowest BCUT2D eigenvalue weighted by molar-refractivity contribution is 0.588. The quantitative estimate of drug-likeness (QED) is 0.772. The molecule has 1 heterocycles. The SMILES string of the molecule is CC(C)S(=O)(=O)c1cs[c]c1Cl. The number of sulfone groups is 1. The zero-order chi connectivity index (χ0) is 9.35. The molecule has 12 heavy (non-hydrogen) atoms. The third-order valence-electron chi connectivity index (χ3n) is 1.46. The summed E-state index contributed by atoms with van der Waals surface area (Å²) in [4.78, 5) is 0.198. The minimum absolute atomic E-state index is 0.198. The van der Waals surface area contributed by atoms with Crippen LogP contribution in [0.15, 0.2) is 10.3 Å². The Morgan fingerprint density at radius 3 is 2.50 bits per heavy atom. The lowest BCUT2D eigenvalue weighted by Gasteiger charge is -2.04. The van der Waals surface area contributed by atoms with Crippen molar-refractivity contribution >= 4 is 32.8 Å². The summed E-state index contributed by atoms with van der Waals surface area (Å²) >= 11 is 6.82. The topological polar surface area (TPSA) is 34.1 Å². The summed E-state index contributed by atoms with van der Waals surface area (Å²) in [6.45, 7) is 3.26. The van der Waals surface area contributed by atoms with E-state index in [-0.39, 0.29) is 9.92 Å². The molecule has 0 bridgehead atoms. The highest BCUT2D eigenvalue weighted by atomic mass is 35.5. The second-order valence-corrected chi connectivity index (χ2v) is 6.14. The van der Waals surface area contributed by atoms with E-state index < -0.39 is 15.1 Å². The smallest absolute Gasteiger partial charge is 0.183 e. The summed E-state index contributed by atoms with van der Waals surface area (Å²) in [5, 5.41) is 3.94. The summed E-state index contributed by atoms with van der Waals surface area (Å²) < 4.78 is 23.0. The van der Waals surface area contributed by atoms with E-state index in [4.69, 9.17) is 11.6 Å². The van der Waals surface area contributed by atoms with Gasteiger partial charge in [0.05, 0.1) is 20.5 Å². The summed E-state index contributed by atoms with van der Waals surface area (Å²) in [6, 6.07) is 0. The maximum Gasteiger partial charge on any atom is 0.183 e. The molecule has 67 valence electrons. The number of thiophene rings is 1. The second-order valence-electron chi connectivity index (χ2n) is 2.61. The molecule has 0 N–H and O–H groups in total. The van der Waals surface area contributed by atoms with Gasteiger partial charge in [-0.3, -0.25) is 0 Å². The van der Waals surface area contributed by atoms with Crippen LogP contribution in [0.2, 0.25) is 5.02 Å². The molecule has 0 fully saturated rings. The maximum atomic E-state index is 11.5. The molecule has 1 aromatic heterocycles. The summed E-state index contributed by atoms with van der Waals surface area (Å²) in [6.07, 6.45) is 0. The summed E-state index contributed by atoms with van der Waals surface area (Å²) in [7, 11) is -3.22. The zero-order valence-electron chi connectivity index (χ0n) is 6.67. The Morgan fingerprint density at radius 1 is 1.58 bits per heavy atom. The Balaban J connectivity index is 3.24. The molecule has 0 aliphatic rings. The van der Waals surface area contributed by atoms with Crippen LogP contribution in [-0.2, 0) is 9.84 Å². The van der Waals surface area contributed by atoms with Gasteiger partial charge in [-0.05, 0) is 13.8 Å². The predicted octanol–water partition coefficient (Wildman–Crippen LogP) is 2.38. The van der Waals surface area contributed by atoms with E-state index in [1.807, 2.05) is 0 Å². The Kier molecular flexibility index (Phi) is 2.81. The highest BCUT2D eigenvalue weighted by Crippen LogP contribution is 2.27. The van der Waals surface area contributed by atoms with Crippen LogP contribution in [0.1, 0.15) is 13.8 Å². The average molecular weight is 224 g/mol. The Labute approximate surface area is 81.1 Å². The van der Waals surface area contributed by atoms with Crippen molar-refractivity contribution in [2.24, 2.45) is 0 Å². The van der Waals surface area contributed by atoms with Gasteiger partial charge in [0.2, 0.25) is 0 Å². The first-order valence-electron chi connectivity index (χ1n) is 3.35. The fourth-order valence-corrected chi connectivity index (χ4v) is 3.31. The van der Waals surface area contributed by atoms with Gasteiger partial charge in [0.1, 0.15) is 0 Å². The molecule has 0 saturated carbocycles. The Morgan fingerprint density at radius 2 is 2.17 bits per heavy atom. The number of hydrogen-bond acceptors (Lipinski definition) is 3. The molecule has 1 aromatic rings. The highest BCUT2D eigenvalue weighted by Gasteiger charge is 2.22. The molecule has 0 aromatic carbocycles. The van der Waals surface area contributed by atoms with Crippen molar-refractivity contribution < 1.29 is 8.42 Å². The highest BCUT2D eigenvalue weighted by molar-refractivity contribution is 7.92. The Bertz CT molecular complexity index is 365. The maximum absolute atomic E-state index is 11.5. The van der Waals surface area contributed by atoms with Crippen LogP contribution in [-0.4, -0.2) is 13.7 Å². The standard InChI is InChI=1S/C7H8ClO2S2/c1-5(2)12(9,10)7-4-11-3-6(7)8/h4-5H,1-2H3. The molecule has 0 saturated heterocycles. The number of rotatable bonds is 2. The normalized spacial score (nSPS) is 12.3. The minimum atomic E-state index is -3.22. The predicted molar refractivity (Wildman–Crippen MR) is 50.5 cm³/mol. The molecule has 0 spiro atoms. The zero-order valence-corrected chi connectivity index (χ0v) is 9.05. The third-order valence-corrected chi connectivity index (χ3v) is 4.98. The van der Waals surface area contributed by atoms with Crippen molar-refractivity contribution in [2.75, 3.05) is 0 Å². The van der Waals surface area contributed by atoms with Gasteiger partial charge in [-0.2, -0.15) is 0 Å². The molecule has 0 amide bonds. The van der Waals surface area contributed by atoms with Crippen molar-refractivity contribution in [1.82, 2.24) is 0 Å². The van der Waals surface area contributed by atoms with Gasteiger partial charge in [0.25, 0.3) is 0 Å². The molecule has 1 radical (unpaired) electrons. The van der Waals surface area contributed by atoms with E-state index >= 15 is 0 Å². The fraction of sp³-hybridized carbons (Fsp3) is 0.429. The first-order chi connectivity index (χ1) is 5.46. The van der Waals surface area contributed by atoms with Gasteiger partial charge in [-0.25, -0.2) is 8.42 Å². The first-order valence-corrected chi connectivity index (χ1v) is 6.15. The van der Waals surface area contributed by atoms with E-state index in [1.54, 1.807) is 13.8 Å². The second kappa shape index (κ2) is 3.36. The molecular formula is C7H8ClO2S2. The van der Waals surface area contributed by atoms with Crippen LogP contribution in [0, 0.1) is 5.38 Å². The van der Waals surface area contributed by atoms with E-state index in [1.165, 1.54) is 16.7 Å². The molecule has 0 atom stereocenters. The van der Waals surface area contributed by atoms with Crippen LogP contribution in [0.25, 0.3) is 0 Å². The van der Waals surface area contributed by atoms with Crippen molar-refractivity contribution in [3.63, 3.8) is 0 Å². The monoisotopic (exact) mass is 223 g/mol. The van der Waals surface area contributed by atoms with Crippen LogP contribution < -0.4 is 0 Å². The number of halogens is 1. The molecule has 2 nitrogen and oxygen atoms in total. The Hall–Kier alpha value is -0.0600. The third kappa shape index (κ3) is 1.65. The lowest BCUT2D eigenvalue weighted by Crippen LogP contribution is -2.13. The number of hydrogen-bond donors (Lipinski definition) is 0. The summed E-state index contributed by atoms with van der Waals surface area (Å²) in [5.74, 6) is 0. The minimum Gasteiger partial charge on any atom is -0.223 e. The van der Waals surface area contributed by atoms with E-state index in [9.17, 15) is 8.42 Å². The van der Waals surface area contributed by atoms with Crippen LogP contribution in [0.4, 0.5) is 0 Å². The van der Waals surface area contributed by atoms with Crippen molar-refractivity contribution in [2.45, 2.75) is 24.0 Å². The van der Waals surface area contributed by atoms with Crippen LogP contribution in [0.3, 0.4) is 0 Å². The van der Waals surface area contributed by atoms with E-state index in [0.717, 1.165) is 0 Å².